The Balaban J connectivity index is 1.88. The molecule has 2 aromatic heterocycles. The van der Waals surface area contributed by atoms with Crippen LogP contribution in [0.3, 0.4) is 0 Å². The van der Waals surface area contributed by atoms with E-state index in [1.807, 2.05) is 22.9 Å². The monoisotopic (exact) mass is 287 g/mol. The molecule has 0 spiro atoms. The van der Waals surface area contributed by atoms with Gasteiger partial charge in [-0.05, 0) is 30.9 Å². The summed E-state index contributed by atoms with van der Waals surface area (Å²) < 4.78 is 9.19. The first kappa shape index (κ1) is 14.1. The topological polar surface area (TPSA) is 49.0 Å². The fourth-order valence-corrected chi connectivity index (χ4v) is 3.19. The zero-order chi connectivity index (χ0) is 14.7. The summed E-state index contributed by atoms with van der Waals surface area (Å²) in [4.78, 5) is 16.5. The summed E-state index contributed by atoms with van der Waals surface area (Å²) in [7, 11) is 1.74. The van der Waals surface area contributed by atoms with Crippen LogP contribution in [0.4, 0.5) is 0 Å². The minimum absolute atomic E-state index is 0.0132. The molecule has 1 unspecified atom stereocenters. The molecule has 1 fully saturated rings. The average Bonchev–Trinajstić information content (AvgIpc) is 3.16. The lowest BCUT2D eigenvalue weighted by atomic mass is 10.0. The van der Waals surface area contributed by atoms with Crippen molar-refractivity contribution in [3.8, 4) is 5.82 Å². The molecule has 1 aliphatic carbocycles. The third kappa shape index (κ3) is 2.93. The molecule has 1 saturated carbocycles. The Morgan fingerprint density at radius 3 is 2.81 bits per heavy atom. The molecule has 21 heavy (non-hydrogen) atoms. The second kappa shape index (κ2) is 6.26. The Labute approximate surface area is 124 Å². The van der Waals surface area contributed by atoms with Crippen LogP contribution in [-0.4, -0.2) is 27.6 Å². The molecule has 1 aliphatic rings. The molecule has 0 N–H and O–H groups in total. The molecule has 5 nitrogen and oxygen atoms in total. The maximum Gasteiger partial charge on any atom is 0.267 e. The highest BCUT2D eigenvalue weighted by Gasteiger charge is 2.26. The first-order chi connectivity index (χ1) is 10.3. The Hall–Kier alpha value is -1.88. The zero-order valence-electron chi connectivity index (χ0n) is 12.3. The summed E-state index contributed by atoms with van der Waals surface area (Å²) in [6.45, 7) is 0.573. The third-order valence-corrected chi connectivity index (χ3v) is 4.34. The summed E-state index contributed by atoms with van der Waals surface area (Å²) in [6, 6.07) is 7.26. The standard InChI is InChI=1S/C16H21N3O2/c1-21-14(13-6-2-3-7-13)12-19-16(20)9-11-18(19)15-8-4-5-10-17-15/h4-5,8-11,13-14H,2-3,6-7,12H2,1H3. The van der Waals surface area contributed by atoms with Crippen molar-refractivity contribution in [3.63, 3.8) is 0 Å². The number of ether oxygens (including phenoxy) is 1. The molecular formula is C16H21N3O2. The van der Waals surface area contributed by atoms with Gasteiger partial charge >= 0.3 is 0 Å². The van der Waals surface area contributed by atoms with E-state index in [0.717, 1.165) is 5.82 Å². The van der Waals surface area contributed by atoms with Gasteiger partial charge in [-0.1, -0.05) is 18.9 Å². The van der Waals surface area contributed by atoms with E-state index in [2.05, 4.69) is 4.98 Å². The highest BCUT2D eigenvalue weighted by Crippen LogP contribution is 2.29. The number of hydrogen-bond donors (Lipinski definition) is 0. The van der Waals surface area contributed by atoms with Gasteiger partial charge in [0.2, 0.25) is 0 Å². The van der Waals surface area contributed by atoms with Crippen LogP contribution in [0.25, 0.3) is 5.82 Å². The molecule has 0 amide bonds. The number of rotatable bonds is 5. The molecular weight excluding hydrogens is 266 g/mol. The highest BCUT2D eigenvalue weighted by molar-refractivity contribution is 5.20. The minimum Gasteiger partial charge on any atom is -0.379 e. The fourth-order valence-electron chi connectivity index (χ4n) is 3.19. The van der Waals surface area contributed by atoms with Gasteiger partial charge in [-0.15, -0.1) is 0 Å². The van der Waals surface area contributed by atoms with E-state index in [1.54, 1.807) is 30.3 Å². The summed E-state index contributed by atoms with van der Waals surface area (Å²) in [5.41, 5.74) is -0.0132. The molecule has 0 aliphatic heterocycles. The third-order valence-electron chi connectivity index (χ3n) is 4.34. The first-order valence-corrected chi connectivity index (χ1v) is 7.52. The lowest BCUT2D eigenvalue weighted by Crippen LogP contribution is -2.33. The van der Waals surface area contributed by atoms with Crippen molar-refractivity contribution in [2.24, 2.45) is 5.92 Å². The van der Waals surface area contributed by atoms with Crippen molar-refractivity contribution in [1.29, 1.82) is 0 Å². The molecule has 0 saturated heterocycles. The van der Waals surface area contributed by atoms with Crippen LogP contribution in [-0.2, 0) is 11.3 Å². The average molecular weight is 287 g/mol. The number of methoxy groups -OCH3 is 1. The van der Waals surface area contributed by atoms with Crippen molar-refractivity contribution in [2.45, 2.75) is 38.3 Å². The number of aromatic nitrogens is 3. The van der Waals surface area contributed by atoms with E-state index in [4.69, 9.17) is 4.74 Å². The summed E-state index contributed by atoms with van der Waals surface area (Å²) >= 11 is 0. The van der Waals surface area contributed by atoms with Crippen molar-refractivity contribution in [2.75, 3.05) is 7.11 Å². The Morgan fingerprint density at radius 2 is 2.14 bits per heavy atom. The van der Waals surface area contributed by atoms with Crippen molar-refractivity contribution in [1.82, 2.24) is 14.3 Å². The molecule has 0 bridgehead atoms. The Morgan fingerprint density at radius 1 is 1.33 bits per heavy atom. The van der Waals surface area contributed by atoms with Gasteiger partial charge in [-0.3, -0.25) is 4.79 Å². The van der Waals surface area contributed by atoms with Crippen LogP contribution in [0.2, 0.25) is 0 Å². The molecule has 3 rings (SSSR count). The lowest BCUT2D eigenvalue weighted by molar-refractivity contribution is 0.0357. The quantitative estimate of drug-likeness (QED) is 0.847. The predicted octanol–water partition coefficient (Wildman–Crippen LogP) is 2.24. The zero-order valence-corrected chi connectivity index (χ0v) is 12.3. The van der Waals surface area contributed by atoms with Crippen LogP contribution in [0.5, 0.6) is 0 Å². The van der Waals surface area contributed by atoms with E-state index < -0.39 is 0 Å². The van der Waals surface area contributed by atoms with E-state index >= 15 is 0 Å². The van der Waals surface area contributed by atoms with Gasteiger partial charge in [0.05, 0.1) is 12.6 Å². The molecule has 2 aromatic rings. The predicted molar refractivity (Wildman–Crippen MR) is 80.6 cm³/mol. The number of pyridine rings is 1. The van der Waals surface area contributed by atoms with Crippen molar-refractivity contribution < 1.29 is 4.74 Å². The minimum atomic E-state index is -0.0132. The van der Waals surface area contributed by atoms with Crippen LogP contribution in [0.15, 0.2) is 41.5 Å². The molecule has 112 valence electrons. The maximum absolute atomic E-state index is 12.1. The molecule has 5 heteroatoms. The van der Waals surface area contributed by atoms with Gasteiger partial charge in [0.15, 0.2) is 5.82 Å². The van der Waals surface area contributed by atoms with Gasteiger partial charge in [0.25, 0.3) is 5.56 Å². The Bertz CT molecular complexity index is 626. The summed E-state index contributed by atoms with van der Waals surface area (Å²) in [5.74, 6) is 1.30. The van der Waals surface area contributed by atoms with E-state index in [1.165, 1.54) is 25.7 Å². The second-order valence-corrected chi connectivity index (χ2v) is 5.59. The van der Waals surface area contributed by atoms with Crippen molar-refractivity contribution in [3.05, 3.63) is 47.0 Å². The van der Waals surface area contributed by atoms with Gasteiger partial charge < -0.3 is 4.74 Å². The molecule has 2 heterocycles. The molecule has 0 radical (unpaired) electrons. The van der Waals surface area contributed by atoms with Crippen LogP contribution in [0, 0.1) is 5.92 Å². The fraction of sp³-hybridized carbons (Fsp3) is 0.500. The number of hydrogen-bond acceptors (Lipinski definition) is 3. The van der Waals surface area contributed by atoms with Crippen LogP contribution >= 0.6 is 0 Å². The normalized spacial score (nSPS) is 17.2. The highest BCUT2D eigenvalue weighted by atomic mass is 16.5. The van der Waals surface area contributed by atoms with Gasteiger partial charge in [0, 0.05) is 25.6 Å². The maximum atomic E-state index is 12.1. The lowest BCUT2D eigenvalue weighted by Gasteiger charge is -2.23. The van der Waals surface area contributed by atoms with E-state index in [-0.39, 0.29) is 11.7 Å². The smallest absolute Gasteiger partial charge is 0.267 e. The summed E-state index contributed by atoms with van der Waals surface area (Å²) in [5, 5.41) is 0. The largest absolute Gasteiger partial charge is 0.379 e. The molecule has 1 atom stereocenters. The van der Waals surface area contributed by atoms with E-state index in [9.17, 15) is 4.79 Å². The Kier molecular flexibility index (Phi) is 4.20. The SMILES string of the molecule is COC(Cn1c(=O)ccn1-c1ccccn1)C1CCCC1. The first-order valence-electron chi connectivity index (χ1n) is 7.52. The van der Waals surface area contributed by atoms with Gasteiger partial charge in [-0.25, -0.2) is 14.3 Å². The molecule has 0 aromatic carbocycles. The van der Waals surface area contributed by atoms with Crippen LogP contribution < -0.4 is 5.56 Å². The van der Waals surface area contributed by atoms with Gasteiger partial charge in [-0.2, -0.15) is 0 Å². The second-order valence-electron chi connectivity index (χ2n) is 5.59. The van der Waals surface area contributed by atoms with E-state index in [0.29, 0.717) is 12.5 Å². The number of nitrogens with zero attached hydrogens (tertiary/aromatic N) is 3. The van der Waals surface area contributed by atoms with Crippen molar-refractivity contribution >= 4 is 0 Å². The van der Waals surface area contributed by atoms with Crippen LogP contribution in [0.1, 0.15) is 25.7 Å². The summed E-state index contributed by atoms with van der Waals surface area (Å²) in [6.07, 6.45) is 8.50. The van der Waals surface area contributed by atoms with Gasteiger partial charge in [0.1, 0.15) is 0 Å².